The first-order valence-corrected chi connectivity index (χ1v) is 12.7. The Balaban J connectivity index is 1.76. The lowest BCUT2D eigenvalue weighted by molar-refractivity contribution is 0.0520. The summed E-state index contributed by atoms with van der Waals surface area (Å²) in [5.74, 6) is 0.647. The summed E-state index contributed by atoms with van der Waals surface area (Å²) in [6.45, 7) is 18.1. The number of nitrogens with zero attached hydrogens (tertiary/aromatic N) is 3. The second kappa shape index (κ2) is 11.3. The van der Waals surface area contributed by atoms with Crippen molar-refractivity contribution in [2.75, 3.05) is 20.3 Å². The van der Waals surface area contributed by atoms with E-state index in [0.717, 1.165) is 30.5 Å². The quantitative estimate of drug-likeness (QED) is 0.206. The largest absolute Gasteiger partial charge is 0.508 e. The highest BCUT2D eigenvalue weighted by Crippen LogP contribution is 2.36. The van der Waals surface area contributed by atoms with Crippen LogP contribution in [0.5, 0.6) is 5.75 Å². The number of hydrogen-bond acceptors (Lipinski definition) is 7. The number of aryl methyl sites for hydroxylation is 1. The molecule has 1 aliphatic carbocycles. The lowest BCUT2D eigenvalue weighted by atomic mass is 9.76. The molecule has 1 heterocycles. The highest BCUT2D eigenvalue weighted by molar-refractivity contribution is 5.97. The monoisotopic (exact) mass is 524 g/mol. The summed E-state index contributed by atoms with van der Waals surface area (Å²) < 4.78 is 18.6. The van der Waals surface area contributed by atoms with Crippen molar-refractivity contribution in [3.63, 3.8) is 0 Å². The molecule has 1 aromatic heterocycles. The Bertz CT molecular complexity index is 1250. The summed E-state index contributed by atoms with van der Waals surface area (Å²) in [4.78, 5) is 16.5. The van der Waals surface area contributed by atoms with Gasteiger partial charge >= 0.3 is 6.09 Å². The minimum atomic E-state index is -0.580. The van der Waals surface area contributed by atoms with Gasteiger partial charge in [-0.15, -0.1) is 0 Å². The van der Waals surface area contributed by atoms with Crippen LogP contribution in [0.4, 0.5) is 4.79 Å². The van der Waals surface area contributed by atoms with E-state index in [-0.39, 0.29) is 24.3 Å². The van der Waals surface area contributed by atoms with Gasteiger partial charge in [-0.25, -0.2) is 9.79 Å². The third kappa shape index (κ3) is 7.18. The molecule has 1 aromatic carbocycles. The summed E-state index contributed by atoms with van der Waals surface area (Å²) in [7, 11) is 3.52. The van der Waals surface area contributed by atoms with Gasteiger partial charge in [0.25, 0.3) is 0 Å². The number of amides is 1. The third-order valence-corrected chi connectivity index (χ3v) is 6.26. The van der Waals surface area contributed by atoms with E-state index in [1.807, 2.05) is 11.7 Å². The maximum atomic E-state index is 11.8. The molecule has 2 N–H and O–H groups in total. The predicted molar refractivity (Wildman–Crippen MR) is 149 cm³/mol. The van der Waals surface area contributed by atoms with E-state index in [9.17, 15) is 9.90 Å². The summed E-state index contributed by atoms with van der Waals surface area (Å²) in [6.07, 6.45) is 2.39. The summed E-state index contributed by atoms with van der Waals surface area (Å²) >= 11 is 0. The Morgan fingerprint density at radius 3 is 2.63 bits per heavy atom. The summed E-state index contributed by atoms with van der Waals surface area (Å²) in [6, 6.07) is 5.20. The predicted octanol–water partition coefficient (Wildman–Crippen LogP) is 5.43. The van der Waals surface area contributed by atoms with Crippen LogP contribution in [0.1, 0.15) is 69.1 Å². The number of nitrogens with one attached hydrogen (secondary N) is 1. The van der Waals surface area contributed by atoms with Gasteiger partial charge in [-0.2, -0.15) is 5.10 Å². The first kappa shape index (κ1) is 28.8. The van der Waals surface area contributed by atoms with E-state index < -0.39 is 11.7 Å². The highest BCUT2D eigenvalue weighted by atomic mass is 16.6. The molecular weight excluding hydrogens is 484 g/mol. The molecule has 38 heavy (non-hydrogen) atoms. The Labute approximate surface area is 225 Å². The van der Waals surface area contributed by atoms with Crippen molar-refractivity contribution >= 4 is 23.4 Å². The van der Waals surface area contributed by atoms with E-state index in [1.54, 1.807) is 46.1 Å². The molecule has 0 radical (unpaired) electrons. The molecule has 3 rings (SSSR count). The number of methoxy groups -OCH3 is 1. The van der Waals surface area contributed by atoms with Crippen molar-refractivity contribution in [3.05, 3.63) is 59.4 Å². The number of aliphatic imine (C=N–C) groups is 1. The average molecular weight is 525 g/mol. The van der Waals surface area contributed by atoms with Crippen LogP contribution in [0, 0.1) is 5.41 Å². The SMILES string of the molecule is C=C(N=C(OC)c1nn(C)c2c1CCC(C)(C)C2)c1ccc(OCCNC(=O)OC(C)(C)C)c(C(=C)O)c1. The van der Waals surface area contributed by atoms with Gasteiger partial charge in [-0.3, -0.25) is 4.68 Å². The fourth-order valence-electron chi connectivity index (χ4n) is 4.33. The van der Waals surface area contributed by atoms with Crippen LogP contribution in [0.15, 0.2) is 36.3 Å². The number of aromatic nitrogens is 2. The number of benzene rings is 1. The van der Waals surface area contributed by atoms with Gasteiger partial charge in [0.1, 0.15) is 23.7 Å². The molecule has 9 nitrogen and oxygen atoms in total. The normalized spacial score (nSPS) is 14.9. The smallest absolute Gasteiger partial charge is 0.407 e. The maximum absolute atomic E-state index is 11.8. The molecule has 1 amide bonds. The topological polar surface area (TPSA) is 107 Å². The van der Waals surface area contributed by atoms with Gasteiger partial charge in [-0.1, -0.05) is 27.0 Å². The van der Waals surface area contributed by atoms with Crippen molar-refractivity contribution in [1.82, 2.24) is 15.1 Å². The van der Waals surface area contributed by atoms with Crippen LogP contribution < -0.4 is 10.1 Å². The number of carbonyl (C=O) groups excluding carboxylic acids is 1. The molecule has 0 saturated heterocycles. The number of alkyl carbamates (subject to hydrolysis) is 1. The van der Waals surface area contributed by atoms with Gasteiger partial charge in [0.2, 0.25) is 5.90 Å². The first-order chi connectivity index (χ1) is 17.7. The molecule has 0 unspecified atom stereocenters. The van der Waals surface area contributed by atoms with Crippen LogP contribution in [-0.4, -0.2) is 52.7 Å². The lowest BCUT2D eigenvalue weighted by Gasteiger charge is -2.29. The summed E-state index contributed by atoms with van der Waals surface area (Å²) in [5.41, 5.74) is 4.24. The van der Waals surface area contributed by atoms with Crippen LogP contribution in [0.2, 0.25) is 0 Å². The first-order valence-electron chi connectivity index (χ1n) is 12.7. The van der Waals surface area contributed by atoms with Crippen LogP contribution in [0.25, 0.3) is 11.5 Å². The standard InChI is InChI=1S/C29H40N4O5/c1-18(31-26(36-9)25-21-12-13-29(6,7)17-23(21)33(8)32-25)20-10-11-24(22(16-20)19(2)34)37-15-14-30-27(35)38-28(3,4)5/h10-11,16,34H,1-2,12-15,17H2,3-9H3,(H,30,35). The van der Waals surface area contributed by atoms with Crippen molar-refractivity contribution in [1.29, 1.82) is 0 Å². The second-order valence-corrected chi connectivity index (χ2v) is 11.2. The molecule has 2 aromatic rings. The zero-order valence-electron chi connectivity index (χ0n) is 23.6. The minimum Gasteiger partial charge on any atom is -0.508 e. The number of aliphatic hydroxyl groups is 1. The molecule has 0 aliphatic heterocycles. The second-order valence-electron chi connectivity index (χ2n) is 11.2. The Morgan fingerprint density at radius 2 is 2.00 bits per heavy atom. The lowest BCUT2D eigenvalue weighted by Crippen LogP contribution is -2.34. The number of hydrogen-bond donors (Lipinski definition) is 2. The fourth-order valence-corrected chi connectivity index (χ4v) is 4.33. The van der Waals surface area contributed by atoms with Crippen LogP contribution >= 0.6 is 0 Å². The molecule has 0 fully saturated rings. The number of ether oxygens (including phenoxy) is 3. The van der Waals surface area contributed by atoms with Crippen LogP contribution in [-0.2, 0) is 29.4 Å². The van der Waals surface area contributed by atoms with Crippen molar-refractivity contribution in [2.24, 2.45) is 17.5 Å². The highest BCUT2D eigenvalue weighted by Gasteiger charge is 2.32. The number of fused-ring (bicyclic) bond motifs is 1. The van der Waals surface area contributed by atoms with E-state index in [4.69, 9.17) is 19.3 Å². The van der Waals surface area contributed by atoms with Gasteiger partial charge in [0, 0.05) is 23.9 Å². The van der Waals surface area contributed by atoms with Crippen molar-refractivity contribution < 1.29 is 24.1 Å². The number of rotatable bonds is 8. The average Bonchev–Trinajstić information content (AvgIpc) is 3.13. The Hall–Kier alpha value is -3.75. The minimum absolute atomic E-state index is 0.160. The third-order valence-electron chi connectivity index (χ3n) is 6.26. The molecule has 206 valence electrons. The molecule has 0 spiro atoms. The molecule has 9 heteroatoms. The van der Waals surface area contributed by atoms with E-state index in [2.05, 4.69) is 37.3 Å². The zero-order chi connectivity index (χ0) is 28.3. The fraction of sp³-hybridized carbons (Fsp3) is 0.483. The Kier molecular flexibility index (Phi) is 8.59. The van der Waals surface area contributed by atoms with Gasteiger partial charge in [0.05, 0.1) is 24.9 Å². The van der Waals surface area contributed by atoms with E-state index in [1.165, 1.54) is 5.69 Å². The maximum Gasteiger partial charge on any atom is 0.407 e. The van der Waals surface area contributed by atoms with Crippen LogP contribution in [0.3, 0.4) is 0 Å². The molecule has 0 saturated carbocycles. The van der Waals surface area contributed by atoms with E-state index >= 15 is 0 Å². The zero-order valence-corrected chi connectivity index (χ0v) is 23.6. The molecular formula is C29H40N4O5. The number of aliphatic hydroxyl groups excluding tert-OH is 1. The number of carbonyl (C=O) groups is 1. The van der Waals surface area contributed by atoms with E-state index in [0.29, 0.717) is 28.5 Å². The Morgan fingerprint density at radius 1 is 1.29 bits per heavy atom. The van der Waals surface area contributed by atoms with Gasteiger partial charge in [0.15, 0.2) is 5.69 Å². The van der Waals surface area contributed by atoms with Gasteiger partial charge in [-0.05, 0) is 63.6 Å². The van der Waals surface area contributed by atoms with Gasteiger partial charge < -0.3 is 24.6 Å². The van der Waals surface area contributed by atoms with Crippen molar-refractivity contribution in [3.8, 4) is 5.75 Å². The molecule has 1 aliphatic rings. The summed E-state index contributed by atoms with van der Waals surface area (Å²) in [5, 5.41) is 17.6. The molecule has 0 bridgehead atoms. The van der Waals surface area contributed by atoms with Crippen molar-refractivity contribution in [2.45, 2.75) is 59.5 Å². The molecule has 0 atom stereocenters.